The summed E-state index contributed by atoms with van der Waals surface area (Å²) in [6.07, 6.45) is 4.52. The van der Waals surface area contributed by atoms with Gasteiger partial charge in [-0.05, 0) is 24.1 Å². The summed E-state index contributed by atoms with van der Waals surface area (Å²) < 4.78 is 12.9. The number of rotatable bonds is 6. The van der Waals surface area contributed by atoms with Crippen molar-refractivity contribution in [1.82, 2.24) is 19.8 Å². The Morgan fingerprint density at radius 3 is 2.38 bits per heavy atom. The van der Waals surface area contributed by atoms with Crippen LogP contribution >= 0.6 is 0 Å². The minimum absolute atomic E-state index is 0.131. The van der Waals surface area contributed by atoms with Gasteiger partial charge in [-0.1, -0.05) is 12.1 Å². The number of piperazine rings is 1. The Bertz CT molecular complexity index is 743. The van der Waals surface area contributed by atoms with E-state index in [0.29, 0.717) is 50.7 Å². The van der Waals surface area contributed by atoms with Gasteiger partial charge in [0.15, 0.2) is 0 Å². The van der Waals surface area contributed by atoms with Gasteiger partial charge in [0, 0.05) is 45.1 Å². The number of aromatic nitrogens is 2. The summed E-state index contributed by atoms with van der Waals surface area (Å²) in [6.45, 7) is 2.70. The molecule has 0 unspecified atom stereocenters. The molecule has 0 bridgehead atoms. The van der Waals surface area contributed by atoms with Crippen molar-refractivity contribution in [2.75, 3.05) is 38.0 Å². The lowest BCUT2D eigenvalue weighted by molar-refractivity contribution is -0.119. The highest BCUT2D eigenvalue weighted by molar-refractivity contribution is 5.93. The highest BCUT2D eigenvalue weighted by Gasteiger charge is 2.21. The van der Waals surface area contributed by atoms with Crippen LogP contribution in [-0.4, -0.2) is 64.8 Å². The van der Waals surface area contributed by atoms with Crippen LogP contribution in [-0.2, 0) is 11.2 Å². The third-order valence-electron chi connectivity index (χ3n) is 4.26. The predicted octanol–water partition coefficient (Wildman–Crippen LogP) is 1.18. The van der Waals surface area contributed by atoms with Crippen LogP contribution in [0.15, 0.2) is 36.7 Å². The van der Waals surface area contributed by atoms with Crippen LogP contribution in [0.4, 0.5) is 10.3 Å². The van der Waals surface area contributed by atoms with Crippen LogP contribution in [0.25, 0.3) is 0 Å². The second-order valence-electron chi connectivity index (χ2n) is 6.03. The molecule has 2 amide bonds. The highest BCUT2D eigenvalue weighted by Crippen LogP contribution is 2.09. The SMILES string of the molecule is O=CN1CCN(C(=O)c2cnc(NCCc3ccc(F)cc3)nc2)CC1. The Labute approximate surface area is 150 Å². The van der Waals surface area contributed by atoms with Gasteiger partial charge in [-0.25, -0.2) is 14.4 Å². The van der Waals surface area contributed by atoms with Gasteiger partial charge in [-0.3, -0.25) is 9.59 Å². The maximum absolute atomic E-state index is 12.9. The van der Waals surface area contributed by atoms with Crippen molar-refractivity contribution < 1.29 is 14.0 Å². The first-order valence-electron chi connectivity index (χ1n) is 8.44. The molecule has 136 valence electrons. The summed E-state index contributed by atoms with van der Waals surface area (Å²) in [7, 11) is 0. The average molecular weight is 357 g/mol. The van der Waals surface area contributed by atoms with Crippen LogP contribution in [0.3, 0.4) is 0 Å². The van der Waals surface area contributed by atoms with Gasteiger partial charge in [0.2, 0.25) is 12.4 Å². The molecular weight excluding hydrogens is 337 g/mol. The molecule has 8 heteroatoms. The molecule has 2 heterocycles. The number of halogens is 1. The van der Waals surface area contributed by atoms with E-state index in [1.807, 2.05) is 0 Å². The molecule has 0 radical (unpaired) electrons. The minimum Gasteiger partial charge on any atom is -0.354 e. The Balaban J connectivity index is 1.49. The van der Waals surface area contributed by atoms with E-state index >= 15 is 0 Å². The summed E-state index contributed by atoms with van der Waals surface area (Å²) in [5.74, 6) is 0.0562. The van der Waals surface area contributed by atoms with Crippen LogP contribution in [0, 0.1) is 5.82 Å². The number of hydrogen-bond donors (Lipinski definition) is 1. The van der Waals surface area contributed by atoms with Gasteiger partial charge in [0.05, 0.1) is 5.56 Å². The van der Waals surface area contributed by atoms with Crippen LogP contribution < -0.4 is 5.32 Å². The van der Waals surface area contributed by atoms with E-state index in [2.05, 4.69) is 15.3 Å². The normalized spacial score (nSPS) is 14.2. The lowest BCUT2D eigenvalue weighted by Gasteiger charge is -2.32. The lowest BCUT2D eigenvalue weighted by Crippen LogP contribution is -2.48. The molecule has 1 aliphatic rings. The Morgan fingerprint density at radius 1 is 1.12 bits per heavy atom. The zero-order valence-corrected chi connectivity index (χ0v) is 14.3. The second-order valence-corrected chi connectivity index (χ2v) is 6.03. The molecule has 1 fully saturated rings. The molecular formula is C18H20FN5O2. The molecule has 0 atom stereocenters. The maximum Gasteiger partial charge on any atom is 0.257 e. The summed E-state index contributed by atoms with van der Waals surface area (Å²) in [4.78, 5) is 34.8. The van der Waals surface area contributed by atoms with Gasteiger partial charge in [-0.15, -0.1) is 0 Å². The molecule has 1 aromatic carbocycles. The molecule has 1 aliphatic heterocycles. The van der Waals surface area contributed by atoms with Crippen molar-refractivity contribution in [2.45, 2.75) is 6.42 Å². The van der Waals surface area contributed by atoms with E-state index < -0.39 is 0 Å². The van der Waals surface area contributed by atoms with Gasteiger partial charge in [-0.2, -0.15) is 0 Å². The van der Waals surface area contributed by atoms with Gasteiger partial charge in [0.25, 0.3) is 5.91 Å². The molecule has 1 saturated heterocycles. The van der Waals surface area contributed by atoms with Crippen molar-refractivity contribution in [3.05, 3.63) is 53.6 Å². The third-order valence-corrected chi connectivity index (χ3v) is 4.26. The minimum atomic E-state index is -0.252. The number of benzene rings is 1. The Hall–Kier alpha value is -3.03. The molecule has 0 saturated carbocycles. The average Bonchev–Trinajstić information content (AvgIpc) is 2.69. The molecule has 7 nitrogen and oxygen atoms in total. The number of hydrogen-bond acceptors (Lipinski definition) is 5. The number of nitrogens with one attached hydrogen (secondary N) is 1. The van der Waals surface area contributed by atoms with Crippen molar-refractivity contribution in [1.29, 1.82) is 0 Å². The number of carbonyl (C=O) groups excluding carboxylic acids is 2. The van der Waals surface area contributed by atoms with E-state index in [9.17, 15) is 14.0 Å². The molecule has 0 aliphatic carbocycles. The summed E-state index contributed by atoms with van der Waals surface area (Å²) in [5, 5.41) is 3.08. The Morgan fingerprint density at radius 2 is 1.77 bits per heavy atom. The number of amides is 2. The van der Waals surface area contributed by atoms with Crippen molar-refractivity contribution >= 4 is 18.3 Å². The smallest absolute Gasteiger partial charge is 0.257 e. The fraction of sp³-hybridized carbons (Fsp3) is 0.333. The van der Waals surface area contributed by atoms with E-state index in [-0.39, 0.29) is 11.7 Å². The monoisotopic (exact) mass is 357 g/mol. The predicted molar refractivity (Wildman–Crippen MR) is 94.2 cm³/mol. The molecule has 3 rings (SSSR count). The maximum atomic E-state index is 12.9. The first-order valence-corrected chi connectivity index (χ1v) is 8.44. The number of carbonyl (C=O) groups is 2. The van der Waals surface area contributed by atoms with Crippen molar-refractivity contribution in [2.24, 2.45) is 0 Å². The third kappa shape index (κ3) is 4.53. The van der Waals surface area contributed by atoms with Crippen LogP contribution in [0.2, 0.25) is 0 Å². The van der Waals surface area contributed by atoms with Gasteiger partial charge in [0.1, 0.15) is 5.82 Å². The standard InChI is InChI=1S/C18H20FN5O2/c19-16-3-1-14(2-4-16)5-6-20-18-21-11-15(12-22-18)17(26)24-9-7-23(13-25)8-10-24/h1-4,11-13H,5-10H2,(H,20,21,22). The Kier molecular flexibility index (Phi) is 5.73. The van der Waals surface area contributed by atoms with Crippen molar-refractivity contribution in [3.63, 3.8) is 0 Å². The molecule has 1 aromatic heterocycles. The molecule has 0 spiro atoms. The molecule has 2 aromatic rings. The quantitative estimate of drug-likeness (QED) is 0.786. The van der Waals surface area contributed by atoms with Crippen LogP contribution in [0.5, 0.6) is 0 Å². The fourth-order valence-electron chi connectivity index (χ4n) is 2.71. The highest BCUT2D eigenvalue weighted by atomic mass is 19.1. The van der Waals surface area contributed by atoms with E-state index in [0.717, 1.165) is 12.0 Å². The summed E-state index contributed by atoms with van der Waals surface area (Å²) in [6, 6.07) is 6.34. The zero-order valence-electron chi connectivity index (χ0n) is 14.3. The first kappa shape index (κ1) is 17.8. The van der Waals surface area contributed by atoms with Crippen LogP contribution in [0.1, 0.15) is 15.9 Å². The number of anilines is 1. The first-order chi connectivity index (χ1) is 12.7. The summed E-state index contributed by atoms with van der Waals surface area (Å²) >= 11 is 0. The van der Waals surface area contributed by atoms with E-state index in [1.54, 1.807) is 21.9 Å². The largest absolute Gasteiger partial charge is 0.354 e. The molecule has 1 N–H and O–H groups in total. The zero-order chi connectivity index (χ0) is 18.4. The fourth-order valence-corrected chi connectivity index (χ4v) is 2.71. The lowest BCUT2D eigenvalue weighted by atomic mass is 10.1. The van der Waals surface area contributed by atoms with Gasteiger partial charge >= 0.3 is 0 Å². The summed E-state index contributed by atoms with van der Waals surface area (Å²) in [5.41, 5.74) is 1.44. The second kappa shape index (κ2) is 8.37. The topological polar surface area (TPSA) is 78.4 Å². The van der Waals surface area contributed by atoms with E-state index in [4.69, 9.17) is 0 Å². The number of nitrogens with zero attached hydrogens (tertiary/aromatic N) is 4. The van der Waals surface area contributed by atoms with E-state index in [1.165, 1.54) is 24.5 Å². The molecule has 26 heavy (non-hydrogen) atoms. The van der Waals surface area contributed by atoms with Crippen molar-refractivity contribution in [3.8, 4) is 0 Å². The van der Waals surface area contributed by atoms with Gasteiger partial charge < -0.3 is 15.1 Å².